The second-order valence-electron chi connectivity index (χ2n) is 9.68. The highest BCUT2D eigenvalue weighted by Gasteiger charge is 2.34. The fourth-order valence-corrected chi connectivity index (χ4v) is 6.32. The number of aromatic nitrogens is 1. The minimum absolute atomic E-state index is 0.0534. The molecule has 0 aliphatic carbocycles. The molecule has 2 aliphatic rings. The van der Waals surface area contributed by atoms with Crippen molar-refractivity contribution >= 4 is 33.0 Å². The number of piperidine rings is 1. The number of hydrogen-bond donors (Lipinski definition) is 0. The van der Waals surface area contributed by atoms with Gasteiger partial charge in [0.15, 0.2) is 5.58 Å². The van der Waals surface area contributed by atoms with Crippen LogP contribution in [0.4, 0.5) is 6.01 Å². The summed E-state index contributed by atoms with van der Waals surface area (Å²) in [5.74, 6) is 0.422. The van der Waals surface area contributed by atoms with Crippen LogP contribution in [0.3, 0.4) is 0 Å². The Morgan fingerprint density at radius 3 is 2.23 bits per heavy atom. The van der Waals surface area contributed by atoms with Crippen LogP contribution in [0.5, 0.6) is 0 Å². The predicted molar refractivity (Wildman–Crippen MR) is 135 cm³/mol. The Hall–Kier alpha value is -2.91. The van der Waals surface area contributed by atoms with Gasteiger partial charge >= 0.3 is 0 Å². The second-order valence-corrected chi connectivity index (χ2v) is 11.6. The van der Waals surface area contributed by atoms with Crippen LogP contribution in [0.15, 0.2) is 57.8 Å². The molecule has 1 aromatic heterocycles. The van der Waals surface area contributed by atoms with Crippen molar-refractivity contribution in [3.05, 3.63) is 54.1 Å². The third-order valence-corrected chi connectivity index (χ3v) is 9.05. The van der Waals surface area contributed by atoms with Crippen molar-refractivity contribution < 1.29 is 17.6 Å². The molecule has 0 bridgehead atoms. The molecule has 35 heavy (non-hydrogen) atoms. The number of para-hydroxylation sites is 2. The van der Waals surface area contributed by atoms with Crippen molar-refractivity contribution in [3.8, 4) is 0 Å². The summed E-state index contributed by atoms with van der Waals surface area (Å²) in [6.07, 6.45) is 1.47. The van der Waals surface area contributed by atoms with Crippen molar-refractivity contribution in [2.45, 2.75) is 37.5 Å². The van der Waals surface area contributed by atoms with E-state index in [9.17, 15) is 13.2 Å². The molecule has 0 spiro atoms. The first-order valence-electron chi connectivity index (χ1n) is 12.3. The number of piperazine rings is 1. The van der Waals surface area contributed by atoms with E-state index in [2.05, 4.69) is 23.7 Å². The van der Waals surface area contributed by atoms with Gasteiger partial charge in [-0.3, -0.25) is 4.79 Å². The largest absolute Gasteiger partial charge is 0.423 e. The zero-order valence-electron chi connectivity index (χ0n) is 20.3. The topological polar surface area (TPSA) is 87.0 Å². The third-order valence-electron chi connectivity index (χ3n) is 7.13. The van der Waals surface area contributed by atoms with E-state index in [-0.39, 0.29) is 11.8 Å². The monoisotopic (exact) mass is 496 g/mol. The van der Waals surface area contributed by atoms with Crippen molar-refractivity contribution in [3.63, 3.8) is 0 Å². The highest BCUT2D eigenvalue weighted by molar-refractivity contribution is 7.89. The molecule has 0 unspecified atom stereocenters. The molecule has 1 amide bonds. The smallest absolute Gasteiger partial charge is 0.298 e. The molecule has 8 nitrogen and oxygen atoms in total. The van der Waals surface area contributed by atoms with Gasteiger partial charge in [0.05, 0.1) is 4.90 Å². The van der Waals surface area contributed by atoms with Gasteiger partial charge < -0.3 is 14.2 Å². The summed E-state index contributed by atoms with van der Waals surface area (Å²) in [6.45, 7) is 7.08. The molecule has 2 aromatic carbocycles. The normalized spacial score (nSPS) is 18.5. The quantitative estimate of drug-likeness (QED) is 0.535. The van der Waals surface area contributed by atoms with Crippen LogP contribution in [0.25, 0.3) is 11.1 Å². The van der Waals surface area contributed by atoms with Gasteiger partial charge in [-0.05, 0) is 48.6 Å². The summed E-state index contributed by atoms with van der Waals surface area (Å²) in [7, 11) is -3.56. The molecule has 9 heteroatoms. The highest BCUT2D eigenvalue weighted by atomic mass is 32.2. The molecular formula is C26H32N4O4S. The zero-order chi connectivity index (χ0) is 24.6. The summed E-state index contributed by atoms with van der Waals surface area (Å²) in [5.41, 5.74) is 2.72. The molecule has 5 rings (SSSR count). The number of anilines is 1. The summed E-state index contributed by atoms with van der Waals surface area (Å²) in [4.78, 5) is 22.0. The van der Waals surface area contributed by atoms with Crippen molar-refractivity contribution in [1.82, 2.24) is 14.2 Å². The van der Waals surface area contributed by atoms with E-state index in [1.165, 1.54) is 4.31 Å². The fraction of sp³-hybridized carbons (Fsp3) is 0.462. The van der Waals surface area contributed by atoms with Crippen molar-refractivity contribution in [2.24, 2.45) is 5.92 Å². The Morgan fingerprint density at radius 2 is 1.60 bits per heavy atom. The molecule has 0 atom stereocenters. The van der Waals surface area contributed by atoms with Crippen LogP contribution < -0.4 is 4.90 Å². The van der Waals surface area contributed by atoms with Crippen LogP contribution in [0.1, 0.15) is 38.2 Å². The number of amides is 1. The highest BCUT2D eigenvalue weighted by Crippen LogP contribution is 2.28. The molecule has 186 valence electrons. The minimum atomic E-state index is -3.56. The van der Waals surface area contributed by atoms with Gasteiger partial charge in [0.1, 0.15) is 5.52 Å². The SMILES string of the molecule is CC(C)c1ccc(S(=O)(=O)N2CCN(C(=O)C3CCN(c4nc5ccccc5o4)CC3)CC2)cc1. The van der Waals surface area contributed by atoms with E-state index < -0.39 is 10.0 Å². The zero-order valence-corrected chi connectivity index (χ0v) is 21.1. The molecule has 0 saturated carbocycles. The third kappa shape index (κ3) is 4.79. The molecule has 2 saturated heterocycles. The summed E-state index contributed by atoms with van der Waals surface area (Å²) >= 11 is 0. The van der Waals surface area contributed by atoms with E-state index >= 15 is 0 Å². The standard InChI is InChI=1S/C26H32N4O4S/c1-19(2)20-7-9-22(10-8-20)35(32,33)30-17-15-28(16-18-30)25(31)21-11-13-29(14-12-21)26-27-23-5-3-4-6-24(23)34-26/h3-10,19,21H,11-18H2,1-2H3. The fourth-order valence-electron chi connectivity index (χ4n) is 4.89. The molecular weight excluding hydrogens is 464 g/mol. The summed E-state index contributed by atoms with van der Waals surface area (Å²) in [5, 5.41) is 0. The number of rotatable bonds is 5. The first-order chi connectivity index (χ1) is 16.8. The van der Waals surface area contributed by atoms with Gasteiger partial charge in [-0.2, -0.15) is 9.29 Å². The van der Waals surface area contributed by atoms with Gasteiger partial charge in [0.2, 0.25) is 15.9 Å². The van der Waals surface area contributed by atoms with Crippen LogP contribution in [0, 0.1) is 5.92 Å². The van der Waals surface area contributed by atoms with Crippen LogP contribution in [0.2, 0.25) is 0 Å². The van der Waals surface area contributed by atoms with Crippen LogP contribution in [-0.4, -0.2) is 67.8 Å². The Bertz CT molecular complexity index is 1250. The van der Waals surface area contributed by atoms with E-state index in [0.717, 1.165) is 29.5 Å². The van der Waals surface area contributed by atoms with Gasteiger partial charge in [-0.15, -0.1) is 0 Å². The lowest BCUT2D eigenvalue weighted by Crippen LogP contribution is -2.52. The van der Waals surface area contributed by atoms with Crippen molar-refractivity contribution in [2.75, 3.05) is 44.2 Å². The Morgan fingerprint density at radius 1 is 0.943 bits per heavy atom. The minimum Gasteiger partial charge on any atom is -0.423 e. The lowest BCUT2D eigenvalue weighted by atomic mass is 9.95. The molecule has 3 aromatic rings. The first-order valence-corrected chi connectivity index (χ1v) is 13.8. The van der Waals surface area contributed by atoms with Gasteiger partial charge in [0.25, 0.3) is 6.01 Å². The molecule has 2 fully saturated rings. The lowest BCUT2D eigenvalue weighted by molar-refractivity contribution is -0.137. The molecule has 0 N–H and O–H groups in total. The van der Waals surface area contributed by atoms with Crippen LogP contribution in [-0.2, 0) is 14.8 Å². The van der Waals surface area contributed by atoms with Crippen molar-refractivity contribution in [1.29, 1.82) is 0 Å². The number of nitrogens with zero attached hydrogens (tertiary/aromatic N) is 4. The van der Waals surface area contributed by atoms with Gasteiger partial charge in [0, 0.05) is 45.2 Å². The number of benzene rings is 2. The maximum Gasteiger partial charge on any atom is 0.298 e. The molecule has 2 aliphatic heterocycles. The first kappa shape index (κ1) is 23.8. The van der Waals surface area contributed by atoms with Crippen LogP contribution >= 0.6 is 0 Å². The number of oxazole rings is 1. The number of fused-ring (bicyclic) bond motifs is 1. The summed E-state index contributed by atoms with van der Waals surface area (Å²) in [6, 6.07) is 15.4. The Balaban J connectivity index is 1.15. The molecule has 0 radical (unpaired) electrons. The number of hydrogen-bond acceptors (Lipinski definition) is 6. The average molecular weight is 497 g/mol. The maximum absolute atomic E-state index is 13.2. The van der Waals surface area contributed by atoms with E-state index in [1.54, 1.807) is 12.1 Å². The maximum atomic E-state index is 13.2. The second kappa shape index (κ2) is 9.62. The Kier molecular flexibility index (Phi) is 6.55. The van der Waals surface area contributed by atoms with Gasteiger partial charge in [-0.25, -0.2) is 8.42 Å². The van der Waals surface area contributed by atoms with E-state index in [1.807, 2.05) is 41.3 Å². The average Bonchev–Trinajstić information content (AvgIpc) is 3.33. The van der Waals surface area contributed by atoms with E-state index in [0.29, 0.717) is 56.1 Å². The number of carbonyl (C=O) groups excluding carboxylic acids is 1. The lowest BCUT2D eigenvalue weighted by Gasteiger charge is -2.37. The number of carbonyl (C=O) groups is 1. The number of sulfonamides is 1. The molecule has 3 heterocycles. The summed E-state index contributed by atoms with van der Waals surface area (Å²) < 4.78 is 33.5. The predicted octanol–water partition coefficient (Wildman–Crippen LogP) is 3.70. The van der Waals surface area contributed by atoms with E-state index in [4.69, 9.17) is 4.42 Å². The van der Waals surface area contributed by atoms with Gasteiger partial charge in [-0.1, -0.05) is 38.1 Å². The Labute approximate surface area is 206 Å².